The Labute approximate surface area is 166 Å². The number of hydrogen-bond donors (Lipinski definition) is 2. The fourth-order valence-corrected chi connectivity index (χ4v) is 2.51. The topological polar surface area (TPSA) is 123 Å². The molecule has 0 unspecified atom stereocenters. The predicted molar refractivity (Wildman–Crippen MR) is 108 cm³/mol. The smallest absolute Gasteiger partial charge is 0.289 e. The van der Waals surface area contributed by atoms with E-state index in [9.17, 15) is 14.9 Å². The normalized spacial score (nSPS) is 11.0. The summed E-state index contributed by atoms with van der Waals surface area (Å²) < 4.78 is 5.60. The highest BCUT2D eigenvalue weighted by atomic mass is 16.6. The number of nitro groups is 1. The molecule has 1 aromatic heterocycles. The number of hydrogen-bond acceptors (Lipinski definition) is 6. The van der Waals surface area contributed by atoms with Crippen molar-refractivity contribution in [1.29, 1.82) is 0 Å². The van der Waals surface area contributed by atoms with Gasteiger partial charge in [-0.3, -0.25) is 20.0 Å². The molecule has 0 saturated heterocycles. The van der Waals surface area contributed by atoms with E-state index in [2.05, 4.69) is 20.7 Å². The van der Waals surface area contributed by atoms with Crippen LogP contribution in [0.1, 0.15) is 29.9 Å². The molecule has 0 bridgehead atoms. The minimum atomic E-state index is -0.496. The zero-order valence-electron chi connectivity index (χ0n) is 15.8. The molecule has 0 aliphatic rings. The van der Waals surface area contributed by atoms with Crippen LogP contribution in [0.15, 0.2) is 59.7 Å². The number of hydrazone groups is 1. The van der Waals surface area contributed by atoms with Crippen molar-refractivity contribution >= 4 is 17.8 Å². The van der Waals surface area contributed by atoms with Crippen molar-refractivity contribution in [2.45, 2.75) is 20.0 Å². The number of nitrogens with one attached hydrogen (secondary N) is 2. The maximum Gasteiger partial charge on any atom is 0.289 e. The van der Waals surface area contributed by atoms with Gasteiger partial charge in [-0.15, -0.1) is 0 Å². The highest BCUT2D eigenvalue weighted by Crippen LogP contribution is 2.22. The van der Waals surface area contributed by atoms with Crippen LogP contribution in [0.25, 0.3) is 11.3 Å². The Bertz CT molecular complexity index is 1040. The highest BCUT2D eigenvalue weighted by molar-refractivity contribution is 5.94. The molecule has 3 aromatic rings. The Balaban J connectivity index is 1.63. The largest absolute Gasteiger partial charge is 0.491 e. The van der Waals surface area contributed by atoms with E-state index in [1.807, 2.05) is 38.1 Å². The van der Waals surface area contributed by atoms with Crippen LogP contribution in [0.3, 0.4) is 0 Å². The van der Waals surface area contributed by atoms with E-state index in [0.717, 1.165) is 11.3 Å². The van der Waals surface area contributed by atoms with Crippen LogP contribution in [-0.4, -0.2) is 33.3 Å². The summed E-state index contributed by atoms with van der Waals surface area (Å²) in [6.45, 7) is 3.90. The minimum absolute atomic E-state index is 0.0525. The SMILES string of the molecule is CC(C)Oc1ccc(-c2cc(C(=O)N/N=C\c3cccc([N+](=O)[O-])c3)[nH]n2)cc1. The summed E-state index contributed by atoms with van der Waals surface area (Å²) in [5.74, 6) is 0.276. The Kier molecular flexibility index (Phi) is 5.98. The van der Waals surface area contributed by atoms with Gasteiger partial charge in [-0.25, -0.2) is 5.43 Å². The summed E-state index contributed by atoms with van der Waals surface area (Å²) in [5.41, 5.74) is 4.47. The van der Waals surface area contributed by atoms with Gasteiger partial charge in [0.05, 0.1) is 22.9 Å². The van der Waals surface area contributed by atoms with Crippen LogP contribution < -0.4 is 10.2 Å². The number of ether oxygens (including phenoxy) is 1. The van der Waals surface area contributed by atoms with Crippen LogP contribution in [0, 0.1) is 10.1 Å². The maximum atomic E-state index is 12.2. The second kappa shape index (κ2) is 8.79. The number of amides is 1. The second-order valence-electron chi connectivity index (χ2n) is 6.41. The lowest BCUT2D eigenvalue weighted by Crippen LogP contribution is -2.18. The van der Waals surface area contributed by atoms with Crippen molar-refractivity contribution in [3.8, 4) is 17.0 Å². The number of carbonyl (C=O) groups is 1. The molecule has 0 aliphatic heterocycles. The Morgan fingerprint density at radius 2 is 2.00 bits per heavy atom. The number of benzene rings is 2. The lowest BCUT2D eigenvalue weighted by Gasteiger charge is -2.09. The van der Waals surface area contributed by atoms with Crippen molar-refractivity contribution in [1.82, 2.24) is 15.6 Å². The molecule has 0 fully saturated rings. The number of aromatic amines is 1. The number of rotatable bonds is 7. The average molecular weight is 393 g/mol. The van der Waals surface area contributed by atoms with E-state index in [4.69, 9.17) is 4.74 Å². The summed E-state index contributed by atoms with van der Waals surface area (Å²) in [6, 6.07) is 14.9. The molecule has 0 atom stereocenters. The molecule has 0 radical (unpaired) electrons. The van der Waals surface area contributed by atoms with Crippen molar-refractivity contribution in [2.75, 3.05) is 0 Å². The molecule has 2 N–H and O–H groups in total. The van der Waals surface area contributed by atoms with Gasteiger partial charge in [0.1, 0.15) is 11.4 Å². The standard InChI is InChI=1S/C20H19N5O4/c1-13(2)29-17-8-6-15(7-9-17)18-11-19(23-22-18)20(26)24-21-12-14-4-3-5-16(10-14)25(27)28/h3-13H,1-2H3,(H,22,23)(H,24,26)/b21-12-. The van der Waals surface area contributed by atoms with Crippen LogP contribution in [0.4, 0.5) is 5.69 Å². The van der Waals surface area contributed by atoms with Gasteiger partial charge in [-0.05, 0) is 44.2 Å². The third-order valence-corrected chi connectivity index (χ3v) is 3.81. The Morgan fingerprint density at radius 1 is 1.24 bits per heavy atom. The maximum absolute atomic E-state index is 12.2. The van der Waals surface area contributed by atoms with E-state index < -0.39 is 10.8 Å². The van der Waals surface area contributed by atoms with Crippen LogP contribution in [0.5, 0.6) is 5.75 Å². The van der Waals surface area contributed by atoms with Gasteiger partial charge in [0.2, 0.25) is 0 Å². The zero-order valence-corrected chi connectivity index (χ0v) is 15.8. The fraction of sp³-hybridized carbons (Fsp3) is 0.150. The van der Waals surface area contributed by atoms with Gasteiger partial charge in [0, 0.05) is 23.3 Å². The molecule has 1 heterocycles. The fourth-order valence-electron chi connectivity index (χ4n) is 2.51. The number of H-pyrrole nitrogens is 1. The van der Waals surface area contributed by atoms with Gasteiger partial charge in [0.25, 0.3) is 11.6 Å². The lowest BCUT2D eigenvalue weighted by molar-refractivity contribution is -0.384. The summed E-state index contributed by atoms with van der Waals surface area (Å²) in [4.78, 5) is 22.5. The van der Waals surface area contributed by atoms with Crippen molar-refractivity contribution in [2.24, 2.45) is 5.10 Å². The van der Waals surface area contributed by atoms with Gasteiger partial charge in [0.15, 0.2) is 0 Å². The number of aromatic nitrogens is 2. The molecule has 148 valence electrons. The van der Waals surface area contributed by atoms with Gasteiger partial charge >= 0.3 is 0 Å². The second-order valence-corrected chi connectivity index (χ2v) is 6.41. The van der Waals surface area contributed by atoms with Crippen molar-refractivity contribution in [3.63, 3.8) is 0 Å². The van der Waals surface area contributed by atoms with Gasteiger partial charge in [-0.1, -0.05) is 12.1 Å². The van der Waals surface area contributed by atoms with E-state index in [1.165, 1.54) is 18.3 Å². The van der Waals surface area contributed by atoms with Crippen molar-refractivity contribution < 1.29 is 14.5 Å². The summed E-state index contributed by atoms with van der Waals surface area (Å²) in [5, 5.41) is 21.4. The van der Waals surface area contributed by atoms with Crippen LogP contribution in [-0.2, 0) is 0 Å². The molecule has 2 aromatic carbocycles. The molecule has 9 nitrogen and oxygen atoms in total. The zero-order chi connectivity index (χ0) is 20.8. The van der Waals surface area contributed by atoms with Gasteiger partial charge in [-0.2, -0.15) is 10.2 Å². The first-order valence-electron chi connectivity index (χ1n) is 8.83. The van der Waals surface area contributed by atoms with E-state index in [1.54, 1.807) is 18.2 Å². The third-order valence-electron chi connectivity index (χ3n) is 3.81. The van der Waals surface area contributed by atoms with Crippen LogP contribution >= 0.6 is 0 Å². The first-order chi connectivity index (χ1) is 13.9. The molecular weight excluding hydrogens is 374 g/mol. The summed E-state index contributed by atoms with van der Waals surface area (Å²) >= 11 is 0. The van der Waals surface area contributed by atoms with E-state index >= 15 is 0 Å². The average Bonchev–Trinajstić information content (AvgIpc) is 3.18. The highest BCUT2D eigenvalue weighted by Gasteiger charge is 2.11. The van der Waals surface area contributed by atoms with E-state index in [-0.39, 0.29) is 17.5 Å². The van der Waals surface area contributed by atoms with E-state index in [0.29, 0.717) is 11.3 Å². The number of non-ortho nitro benzene ring substituents is 1. The molecule has 0 saturated carbocycles. The number of carbonyl (C=O) groups excluding carboxylic acids is 1. The Morgan fingerprint density at radius 3 is 2.69 bits per heavy atom. The third kappa shape index (κ3) is 5.25. The quantitative estimate of drug-likeness (QED) is 0.361. The predicted octanol–water partition coefficient (Wildman–Crippen LogP) is 3.54. The number of nitrogens with zero attached hydrogens (tertiary/aromatic N) is 3. The molecular formula is C20H19N5O4. The first kappa shape index (κ1) is 19.7. The molecule has 9 heteroatoms. The van der Waals surface area contributed by atoms with Crippen molar-refractivity contribution in [3.05, 3.63) is 76.0 Å². The molecule has 0 aliphatic carbocycles. The molecule has 0 spiro atoms. The van der Waals surface area contributed by atoms with Crippen LogP contribution in [0.2, 0.25) is 0 Å². The van der Waals surface area contributed by atoms with Gasteiger partial charge < -0.3 is 4.74 Å². The molecule has 3 rings (SSSR count). The molecule has 29 heavy (non-hydrogen) atoms. The first-order valence-corrected chi connectivity index (χ1v) is 8.83. The molecule has 1 amide bonds. The lowest BCUT2D eigenvalue weighted by atomic mass is 10.1. The minimum Gasteiger partial charge on any atom is -0.491 e. The number of nitro benzene ring substituents is 1. The Hall–Kier alpha value is -4.01. The summed E-state index contributed by atoms with van der Waals surface area (Å²) in [7, 11) is 0. The monoisotopic (exact) mass is 393 g/mol. The summed E-state index contributed by atoms with van der Waals surface area (Å²) in [6.07, 6.45) is 1.42.